The molecule has 0 radical (unpaired) electrons. The highest BCUT2D eigenvalue weighted by Gasteiger charge is 2.51. The van der Waals surface area contributed by atoms with Gasteiger partial charge in [-0.05, 0) is 36.3 Å². The Hall–Kier alpha value is -0.760. The predicted molar refractivity (Wildman–Crippen MR) is 56.9 cm³/mol. The van der Waals surface area contributed by atoms with E-state index in [4.69, 9.17) is 0 Å². The van der Waals surface area contributed by atoms with Crippen LogP contribution in [0, 0.1) is 11.8 Å². The number of rotatable bonds is 3. The monoisotopic (exact) mass is 190 g/mol. The minimum absolute atomic E-state index is 0.851. The average molecular weight is 190 g/mol. The lowest BCUT2D eigenvalue weighted by molar-refractivity contribution is 0.560. The summed E-state index contributed by atoms with van der Waals surface area (Å²) in [6.07, 6.45) is 8.73. The maximum absolute atomic E-state index is 3.67. The van der Waals surface area contributed by atoms with E-state index in [2.05, 4.69) is 35.4 Å². The molecule has 1 heterocycles. The van der Waals surface area contributed by atoms with E-state index in [9.17, 15) is 0 Å². The van der Waals surface area contributed by atoms with Gasteiger partial charge in [0.1, 0.15) is 0 Å². The quantitative estimate of drug-likeness (QED) is 0.770. The molecule has 0 bridgehead atoms. The first-order valence-electron chi connectivity index (χ1n) is 5.69. The standard InChI is InChI=1S/C12H18N2/c1-14-6-5-9(8-14)7-13-12-10-3-2-4-11(10)12/h5-6,8,10-13H,2-4,7H2,1H3. The topological polar surface area (TPSA) is 17.0 Å². The van der Waals surface area contributed by atoms with Crippen molar-refractivity contribution in [2.45, 2.75) is 31.8 Å². The molecule has 0 aromatic carbocycles. The van der Waals surface area contributed by atoms with E-state index in [-0.39, 0.29) is 0 Å². The third kappa shape index (κ3) is 1.38. The fraction of sp³-hybridized carbons (Fsp3) is 0.667. The second-order valence-electron chi connectivity index (χ2n) is 4.85. The molecule has 0 saturated heterocycles. The molecule has 0 spiro atoms. The summed E-state index contributed by atoms with van der Waals surface area (Å²) < 4.78 is 2.12. The van der Waals surface area contributed by atoms with Gasteiger partial charge in [-0.3, -0.25) is 0 Å². The maximum atomic E-state index is 3.67. The highest BCUT2D eigenvalue weighted by atomic mass is 15.0. The molecule has 1 aromatic rings. The van der Waals surface area contributed by atoms with E-state index < -0.39 is 0 Å². The van der Waals surface area contributed by atoms with Crippen LogP contribution in [0.1, 0.15) is 24.8 Å². The fourth-order valence-electron chi connectivity index (χ4n) is 3.03. The van der Waals surface area contributed by atoms with Crippen molar-refractivity contribution in [1.82, 2.24) is 9.88 Å². The number of nitrogens with one attached hydrogen (secondary N) is 1. The molecule has 1 N–H and O–H groups in total. The lowest BCUT2D eigenvalue weighted by Crippen LogP contribution is -2.19. The first-order chi connectivity index (χ1) is 6.84. The molecular weight excluding hydrogens is 172 g/mol. The SMILES string of the molecule is Cn1ccc(CNC2C3CCCC32)c1. The third-order valence-corrected chi connectivity index (χ3v) is 3.84. The normalized spacial score (nSPS) is 34.5. The lowest BCUT2D eigenvalue weighted by Gasteiger charge is -2.04. The maximum Gasteiger partial charge on any atom is 0.0223 e. The molecule has 1 aromatic heterocycles. The van der Waals surface area contributed by atoms with E-state index in [0.29, 0.717) is 0 Å². The van der Waals surface area contributed by atoms with Gasteiger partial charge in [-0.25, -0.2) is 0 Å². The number of fused-ring (bicyclic) bond motifs is 1. The Balaban J connectivity index is 1.51. The zero-order valence-electron chi connectivity index (χ0n) is 8.74. The number of aryl methyl sites for hydroxylation is 1. The zero-order chi connectivity index (χ0) is 9.54. The lowest BCUT2D eigenvalue weighted by atomic mass is 10.2. The van der Waals surface area contributed by atoms with Crippen LogP contribution in [0.4, 0.5) is 0 Å². The summed E-state index contributed by atoms with van der Waals surface area (Å²) in [7, 11) is 2.08. The van der Waals surface area contributed by atoms with Crippen molar-refractivity contribution in [3.63, 3.8) is 0 Å². The molecule has 14 heavy (non-hydrogen) atoms. The van der Waals surface area contributed by atoms with Gasteiger partial charge in [0.05, 0.1) is 0 Å². The Labute approximate surface area is 85.3 Å². The van der Waals surface area contributed by atoms with Gasteiger partial charge in [0.2, 0.25) is 0 Å². The molecule has 0 amide bonds. The molecule has 0 aliphatic heterocycles. The van der Waals surface area contributed by atoms with Gasteiger partial charge in [-0.2, -0.15) is 0 Å². The van der Waals surface area contributed by atoms with Gasteiger partial charge in [0.25, 0.3) is 0 Å². The minimum atomic E-state index is 0.851. The van der Waals surface area contributed by atoms with Crippen molar-refractivity contribution >= 4 is 0 Å². The van der Waals surface area contributed by atoms with Crippen molar-refractivity contribution in [3.8, 4) is 0 Å². The van der Waals surface area contributed by atoms with Gasteiger partial charge < -0.3 is 9.88 Å². The highest BCUT2D eigenvalue weighted by Crippen LogP contribution is 2.51. The second-order valence-corrected chi connectivity index (χ2v) is 4.85. The van der Waals surface area contributed by atoms with Gasteiger partial charge in [0.15, 0.2) is 0 Å². The minimum Gasteiger partial charge on any atom is -0.357 e. The summed E-state index contributed by atoms with van der Waals surface area (Å²) in [6.45, 7) is 1.05. The first-order valence-corrected chi connectivity index (χ1v) is 5.69. The van der Waals surface area contributed by atoms with Crippen molar-refractivity contribution in [1.29, 1.82) is 0 Å². The van der Waals surface area contributed by atoms with Crippen LogP contribution in [-0.4, -0.2) is 10.6 Å². The average Bonchev–Trinajstić information content (AvgIpc) is 2.59. The summed E-state index contributed by atoms with van der Waals surface area (Å²) >= 11 is 0. The Morgan fingerprint density at radius 1 is 1.43 bits per heavy atom. The largest absolute Gasteiger partial charge is 0.357 e. The van der Waals surface area contributed by atoms with Crippen LogP contribution in [0.15, 0.2) is 18.5 Å². The smallest absolute Gasteiger partial charge is 0.0223 e. The van der Waals surface area contributed by atoms with Crippen LogP contribution < -0.4 is 5.32 Å². The Bertz CT molecular complexity index is 319. The Morgan fingerprint density at radius 2 is 2.21 bits per heavy atom. The molecule has 3 rings (SSSR count). The number of hydrogen-bond acceptors (Lipinski definition) is 1. The molecule has 2 saturated carbocycles. The fourth-order valence-corrected chi connectivity index (χ4v) is 3.03. The number of aromatic nitrogens is 1. The Morgan fingerprint density at radius 3 is 2.86 bits per heavy atom. The van der Waals surface area contributed by atoms with Crippen LogP contribution in [0.5, 0.6) is 0 Å². The number of nitrogens with zero attached hydrogens (tertiary/aromatic N) is 1. The molecule has 2 unspecified atom stereocenters. The van der Waals surface area contributed by atoms with Crippen LogP contribution in [-0.2, 0) is 13.6 Å². The Kier molecular flexibility index (Phi) is 1.91. The van der Waals surface area contributed by atoms with Gasteiger partial charge in [-0.1, -0.05) is 6.42 Å². The molecule has 2 heteroatoms. The van der Waals surface area contributed by atoms with E-state index in [1.165, 1.54) is 24.8 Å². The van der Waals surface area contributed by atoms with Gasteiger partial charge in [0, 0.05) is 32.0 Å². The predicted octanol–water partition coefficient (Wildman–Crippen LogP) is 1.91. The van der Waals surface area contributed by atoms with E-state index in [1.807, 2.05) is 0 Å². The molecule has 76 valence electrons. The summed E-state index contributed by atoms with van der Waals surface area (Å²) in [5, 5.41) is 3.67. The number of hydrogen-bond donors (Lipinski definition) is 1. The van der Waals surface area contributed by atoms with Crippen LogP contribution in [0.2, 0.25) is 0 Å². The molecular formula is C12H18N2. The van der Waals surface area contributed by atoms with Gasteiger partial charge in [-0.15, -0.1) is 0 Å². The summed E-state index contributed by atoms with van der Waals surface area (Å²) in [6, 6.07) is 3.05. The highest BCUT2D eigenvalue weighted by molar-refractivity contribution is 5.12. The van der Waals surface area contributed by atoms with Gasteiger partial charge >= 0.3 is 0 Å². The van der Waals surface area contributed by atoms with Crippen molar-refractivity contribution in [3.05, 3.63) is 24.0 Å². The van der Waals surface area contributed by atoms with E-state index >= 15 is 0 Å². The summed E-state index contributed by atoms with van der Waals surface area (Å²) in [4.78, 5) is 0. The summed E-state index contributed by atoms with van der Waals surface area (Å²) in [5.41, 5.74) is 1.41. The molecule has 2 aliphatic rings. The van der Waals surface area contributed by atoms with Crippen LogP contribution in [0.25, 0.3) is 0 Å². The van der Waals surface area contributed by atoms with Crippen LogP contribution in [0.3, 0.4) is 0 Å². The van der Waals surface area contributed by atoms with Crippen molar-refractivity contribution < 1.29 is 0 Å². The van der Waals surface area contributed by atoms with Crippen molar-refractivity contribution in [2.75, 3.05) is 0 Å². The zero-order valence-corrected chi connectivity index (χ0v) is 8.74. The summed E-state index contributed by atoms with van der Waals surface area (Å²) in [5.74, 6) is 2.05. The van der Waals surface area contributed by atoms with Crippen LogP contribution >= 0.6 is 0 Å². The second kappa shape index (κ2) is 3.13. The molecule has 2 atom stereocenters. The third-order valence-electron chi connectivity index (χ3n) is 3.84. The molecule has 2 fully saturated rings. The molecule has 2 aliphatic carbocycles. The van der Waals surface area contributed by atoms with E-state index in [1.54, 1.807) is 0 Å². The van der Waals surface area contributed by atoms with Crippen molar-refractivity contribution in [2.24, 2.45) is 18.9 Å². The molecule has 2 nitrogen and oxygen atoms in total. The van der Waals surface area contributed by atoms with E-state index in [0.717, 1.165) is 24.4 Å². The first kappa shape index (κ1) is 8.54.